The van der Waals surface area contributed by atoms with E-state index in [1.165, 1.54) is 0 Å². The molecular weight excluding hydrogens is 404 g/mol. The first-order valence-electron chi connectivity index (χ1n) is 10.3. The number of hydrogen-bond acceptors (Lipinski definition) is 5. The van der Waals surface area contributed by atoms with E-state index < -0.39 is 18.0 Å². The molecule has 32 heavy (non-hydrogen) atoms. The van der Waals surface area contributed by atoms with Crippen LogP contribution in [0.25, 0.3) is 44.2 Å². The second kappa shape index (κ2) is 7.54. The Morgan fingerprint density at radius 1 is 0.844 bits per heavy atom. The molecule has 0 bridgehead atoms. The van der Waals surface area contributed by atoms with Gasteiger partial charge in [0.2, 0.25) is 0 Å². The summed E-state index contributed by atoms with van der Waals surface area (Å²) < 4.78 is 11.4. The molecule has 0 N–H and O–H groups in total. The van der Waals surface area contributed by atoms with Gasteiger partial charge in [-0.05, 0) is 42.2 Å². The number of aliphatic carboxylic acids is 1. The molecule has 0 saturated carbocycles. The first-order valence-corrected chi connectivity index (χ1v) is 10.3. The van der Waals surface area contributed by atoms with Crippen LogP contribution in [0, 0.1) is 13.8 Å². The Hall–Kier alpha value is -4.12. The normalized spacial score (nSPS) is 11.3. The maximum atomic E-state index is 12.4. The molecule has 5 heteroatoms. The van der Waals surface area contributed by atoms with Crippen LogP contribution < -0.4 is 10.7 Å². The SMILES string of the molecule is Cc1c(CC(=O)[O-])c(=O)oc2c(C)c3occ(-c4ccc(-c5ccccc5)cc4)c3cc12. The molecule has 0 saturated heterocycles. The molecule has 0 fully saturated rings. The van der Waals surface area contributed by atoms with E-state index in [-0.39, 0.29) is 5.56 Å². The van der Waals surface area contributed by atoms with Gasteiger partial charge in [0.1, 0.15) is 11.2 Å². The predicted molar refractivity (Wildman–Crippen MR) is 121 cm³/mol. The second-order valence-electron chi connectivity index (χ2n) is 7.89. The van der Waals surface area contributed by atoms with Crippen molar-refractivity contribution in [3.05, 3.63) is 94.0 Å². The molecular formula is C27H19O5-. The van der Waals surface area contributed by atoms with Crippen LogP contribution in [0.1, 0.15) is 16.7 Å². The lowest BCUT2D eigenvalue weighted by Gasteiger charge is -2.10. The first-order chi connectivity index (χ1) is 15.4. The zero-order valence-electron chi connectivity index (χ0n) is 17.6. The van der Waals surface area contributed by atoms with E-state index >= 15 is 0 Å². The van der Waals surface area contributed by atoms with E-state index in [4.69, 9.17) is 8.83 Å². The van der Waals surface area contributed by atoms with Gasteiger partial charge >= 0.3 is 5.63 Å². The van der Waals surface area contributed by atoms with Crippen molar-refractivity contribution in [3.8, 4) is 22.3 Å². The molecule has 0 spiro atoms. The Balaban J connectivity index is 1.68. The van der Waals surface area contributed by atoms with E-state index in [2.05, 4.69) is 24.3 Å². The number of carboxylic acids is 1. The Labute approximate surface area is 183 Å². The lowest BCUT2D eigenvalue weighted by atomic mass is 9.96. The molecule has 0 aliphatic heterocycles. The van der Waals surface area contributed by atoms with Crippen molar-refractivity contribution < 1.29 is 18.7 Å². The van der Waals surface area contributed by atoms with Crippen molar-refractivity contribution in [1.29, 1.82) is 0 Å². The molecule has 0 aliphatic carbocycles. The average Bonchev–Trinajstić information content (AvgIpc) is 3.22. The molecule has 5 rings (SSSR count). The van der Waals surface area contributed by atoms with Crippen LogP contribution in [0.3, 0.4) is 0 Å². The maximum absolute atomic E-state index is 12.4. The van der Waals surface area contributed by atoms with E-state index in [0.29, 0.717) is 27.7 Å². The largest absolute Gasteiger partial charge is 0.550 e. The summed E-state index contributed by atoms with van der Waals surface area (Å²) in [5, 5.41) is 12.7. The maximum Gasteiger partial charge on any atom is 0.340 e. The Morgan fingerprint density at radius 2 is 1.50 bits per heavy atom. The number of carbonyl (C=O) groups is 1. The van der Waals surface area contributed by atoms with E-state index in [1.54, 1.807) is 13.2 Å². The summed E-state index contributed by atoms with van der Waals surface area (Å²) in [5.74, 6) is -1.32. The molecule has 2 aromatic heterocycles. The average molecular weight is 423 g/mol. The summed E-state index contributed by atoms with van der Waals surface area (Å²) in [7, 11) is 0. The van der Waals surface area contributed by atoms with Crippen LogP contribution in [0.5, 0.6) is 0 Å². The summed E-state index contributed by atoms with van der Waals surface area (Å²) in [6.07, 6.45) is 1.21. The molecule has 2 heterocycles. The number of aryl methyl sites for hydroxylation is 2. The second-order valence-corrected chi connectivity index (χ2v) is 7.89. The standard InChI is InChI=1S/C27H20O5/c1-15-20-12-22-23(19-10-8-18(9-11-19)17-6-4-3-5-7-17)14-31-25(22)16(2)26(20)32-27(30)21(15)13-24(28)29/h3-12,14H,13H2,1-2H3,(H,28,29)/p-1. The summed E-state index contributed by atoms with van der Waals surface area (Å²) >= 11 is 0. The quantitative estimate of drug-likeness (QED) is 0.388. The van der Waals surface area contributed by atoms with E-state index in [0.717, 1.165) is 27.6 Å². The van der Waals surface area contributed by atoms with Gasteiger partial charge in [0.05, 0.1) is 6.26 Å². The zero-order valence-corrected chi connectivity index (χ0v) is 17.6. The fraction of sp³-hybridized carbons (Fsp3) is 0.111. The Morgan fingerprint density at radius 3 is 2.19 bits per heavy atom. The van der Waals surface area contributed by atoms with Gasteiger partial charge in [-0.3, -0.25) is 0 Å². The van der Waals surface area contributed by atoms with Gasteiger partial charge in [-0.1, -0.05) is 54.6 Å². The molecule has 3 aromatic carbocycles. The van der Waals surface area contributed by atoms with Crippen molar-refractivity contribution in [2.45, 2.75) is 20.3 Å². The summed E-state index contributed by atoms with van der Waals surface area (Å²) in [6, 6.07) is 20.3. The molecule has 5 nitrogen and oxygen atoms in total. The van der Waals surface area contributed by atoms with Crippen LogP contribution in [-0.4, -0.2) is 5.97 Å². The third-order valence-corrected chi connectivity index (χ3v) is 5.97. The number of carbonyl (C=O) groups excluding carboxylic acids is 1. The summed E-state index contributed by atoms with van der Waals surface area (Å²) in [5.41, 5.74) is 5.93. The number of furan rings is 1. The van der Waals surface area contributed by atoms with Crippen LogP contribution in [0.2, 0.25) is 0 Å². The number of fused-ring (bicyclic) bond motifs is 2. The van der Waals surface area contributed by atoms with Gasteiger partial charge in [-0.15, -0.1) is 0 Å². The van der Waals surface area contributed by atoms with Crippen molar-refractivity contribution in [3.63, 3.8) is 0 Å². The van der Waals surface area contributed by atoms with Crippen LogP contribution in [-0.2, 0) is 11.2 Å². The van der Waals surface area contributed by atoms with Gasteiger partial charge in [-0.25, -0.2) is 4.79 Å². The molecule has 158 valence electrons. The Kier molecular flexibility index (Phi) is 4.67. The minimum atomic E-state index is -1.32. The van der Waals surface area contributed by atoms with Gasteiger partial charge in [0.15, 0.2) is 0 Å². The number of rotatable bonds is 4. The summed E-state index contributed by atoms with van der Waals surface area (Å²) in [4.78, 5) is 23.5. The number of hydrogen-bond donors (Lipinski definition) is 0. The first kappa shape index (κ1) is 19.8. The van der Waals surface area contributed by atoms with Crippen molar-refractivity contribution in [2.24, 2.45) is 0 Å². The van der Waals surface area contributed by atoms with Gasteiger partial charge < -0.3 is 18.7 Å². The van der Waals surface area contributed by atoms with Crippen molar-refractivity contribution in [1.82, 2.24) is 0 Å². The molecule has 0 aliphatic rings. The Bertz CT molecular complexity index is 1540. The monoisotopic (exact) mass is 423 g/mol. The minimum Gasteiger partial charge on any atom is -0.550 e. The zero-order chi connectivity index (χ0) is 22.4. The lowest BCUT2D eigenvalue weighted by Crippen LogP contribution is -2.27. The molecule has 0 unspecified atom stereocenters. The van der Waals surface area contributed by atoms with Gasteiger partial charge in [0.25, 0.3) is 0 Å². The lowest BCUT2D eigenvalue weighted by molar-refractivity contribution is -0.304. The highest BCUT2D eigenvalue weighted by Crippen LogP contribution is 2.37. The van der Waals surface area contributed by atoms with E-state index in [1.807, 2.05) is 43.3 Å². The molecule has 0 radical (unpaired) electrons. The molecule has 0 amide bonds. The van der Waals surface area contributed by atoms with Crippen LogP contribution in [0.4, 0.5) is 0 Å². The minimum absolute atomic E-state index is 0.105. The number of carboxylic acid groups (broad SMARTS) is 1. The van der Waals surface area contributed by atoms with Crippen LogP contribution in [0.15, 0.2) is 80.6 Å². The van der Waals surface area contributed by atoms with Gasteiger partial charge in [0, 0.05) is 39.9 Å². The van der Waals surface area contributed by atoms with Crippen LogP contribution >= 0.6 is 0 Å². The molecule has 5 aromatic rings. The highest BCUT2D eigenvalue weighted by Gasteiger charge is 2.19. The molecule has 0 atom stereocenters. The topological polar surface area (TPSA) is 83.5 Å². The summed E-state index contributed by atoms with van der Waals surface area (Å²) in [6.45, 7) is 3.56. The smallest absolute Gasteiger partial charge is 0.340 e. The van der Waals surface area contributed by atoms with Crippen molar-refractivity contribution >= 4 is 27.9 Å². The van der Waals surface area contributed by atoms with Gasteiger partial charge in [-0.2, -0.15) is 0 Å². The number of benzene rings is 3. The third kappa shape index (κ3) is 3.19. The fourth-order valence-electron chi connectivity index (χ4n) is 4.24. The van der Waals surface area contributed by atoms with Crippen molar-refractivity contribution in [2.75, 3.05) is 0 Å². The van der Waals surface area contributed by atoms with E-state index in [9.17, 15) is 14.7 Å². The highest BCUT2D eigenvalue weighted by molar-refractivity contribution is 6.05. The fourth-order valence-corrected chi connectivity index (χ4v) is 4.24. The third-order valence-electron chi connectivity index (χ3n) is 5.97. The predicted octanol–water partition coefficient (Wildman–Crippen LogP) is 4.78. The highest BCUT2D eigenvalue weighted by atomic mass is 16.4.